The van der Waals surface area contributed by atoms with Crippen LogP contribution in [0.3, 0.4) is 0 Å². The first-order chi connectivity index (χ1) is 9.61. The summed E-state index contributed by atoms with van der Waals surface area (Å²) in [6.07, 6.45) is -0.170. The van der Waals surface area contributed by atoms with Gasteiger partial charge in [0.15, 0.2) is 5.69 Å². The van der Waals surface area contributed by atoms with Gasteiger partial charge in [-0.25, -0.2) is 0 Å². The van der Waals surface area contributed by atoms with Crippen LogP contribution in [0.2, 0.25) is 0 Å². The number of hydrogen-bond donors (Lipinski definition) is 4. The fourth-order valence-corrected chi connectivity index (χ4v) is 1.92. The van der Waals surface area contributed by atoms with Crippen LogP contribution >= 0.6 is 0 Å². The highest BCUT2D eigenvalue weighted by atomic mass is 16.5. The number of anilines is 1. The number of aliphatic hydroxyl groups is 1. The van der Waals surface area contributed by atoms with E-state index in [-0.39, 0.29) is 12.5 Å². The van der Waals surface area contributed by atoms with Crippen molar-refractivity contribution in [1.82, 2.24) is 15.5 Å². The van der Waals surface area contributed by atoms with Crippen LogP contribution in [0.25, 0.3) is 10.9 Å². The van der Waals surface area contributed by atoms with Crippen LogP contribution in [0.4, 0.5) is 5.69 Å². The van der Waals surface area contributed by atoms with Crippen molar-refractivity contribution in [2.75, 3.05) is 26.0 Å². The number of H-pyrrole nitrogens is 1. The second-order valence-corrected chi connectivity index (χ2v) is 4.53. The molecule has 7 nitrogen and oxygen atoms in total. The molecule has 20 heavy (non-hydrogen) atoms. The zero-order valence-corrected chi connectivity index (χ0v) is 11.2. The van der Waals surface area contributed by atoms with E-state index in [9.17, 15) is 9.90 Å². The third kappa shape index (κ3) is 3.25. The Hall–Kier alpha value is -2.12. The average Bonchev–Trinajstić information content (AvgIpc) is 2.81. The molecule has 0 saturated heterocycles. The largest absolute Gasteiger partial charge is 0.399 e. The van der Waals surface area contributed by atoms with Crippen molar-refractivity contribution in [3.05, 3.63) is 23.9 Å². The first-order valence-corrected chi connectivity index (χ1v) is 6.30. The summed E-state index contributed by atoms with van der Waals surface area (Å²) in [5.74, 6) is -0.300. The summed E-state index contributed by atoms with van der Waals surface area (Å²) in [4.78, 5) is 12.0. The summed E-state index contributed by atoms with van der Waals surface area (Å²) in [7, 11) is 1.52. The maximum absolute atomic E-state index is 12.0. The van der Waals surface area contributed by atoms with Crippen LogP contribution in [0, 0.1) is 0 Å². The van der Waals surface area contributed by atoms with Crippen LogP contribution in [0.1, 0.15) is 16.9 Å². The maximum Gasteiger partial charge on any atom is 0.272 e. The number of amides is 1. The van der Waals surface area contributed by atoms with E-state index in [1.807, 2.05) is 0 Å². The molecule has 0 fully saturated rings. The smallest absolute Gasteiger partial charge is 0.272 e. The summed E-state index contributed by atoms with van der Waals surface area (Å²) >= 11 is 0. The lowest BCUT2D eigenvalue weighted by Gasteiger charge is -2.09. The van der Waals surface area contributed by atoms with Crippen molar-refractivity contribution in [1.29, 1.82) is 0 Å². The lowest BCUT2D eigenvalue weighted by molar-refractivity contribution is 0.0587. The number of hydrogen-bond acceptors (Lipinski definition) is 5. The molecular formula is C13H18N4O3. The quantitative estimate of drug-likeness (QED) is 0.566. The standard InChI is InChI=1S/C13H18N4O3/c1-20-7-9(18)4-5-15-13(19)12-10-6-8(14)2-3-11(10)16-17-12/h2-3,6,9,18H,4-5,7,14H2,1H3,(H,15,19)(H,16,17). The van der Waals surface area contributed by atoms with Crippen LogP contribution in [0.15, 0.2) is 18.2 Å². The molecule has 0 spiro atoms. The van der Waals surface area contributed by atoms with Crippen LogP contribution in [-0.2, 0) is 4.74 Å². The van der Waals surface area contributed by atoms with Crippen molar-refractivity contribution in [3.8, 4) is 0 Å². The molecule has 0 radical (unpaired) electrons. The Labute approximate surface area is 116 Å². The minimum absolute atomic E-state index is 0.248. The van der Waals surface area contributed by atoms with Crippen molar-refractivity contribution in [2.45, 2.75) is 12.5 Å². The molecule has 0 bridgehead atoms. The molecule has 108 valence electrons. The Morgan fingerprint density at radius 2 is 2.40 bits per heavy atom. The molecule has 1 aromatic heterocycles. The third-order valence-electron chi connectivity index (χ3n) is 2.92. The monoisotopic (exact) mass is 278 g/mol. The van der Waals surface area contributed by atoms with Gasteiger partial charge in [0, 0.05) is 24.7 Å². The summed E-state index contributed by atoms with van der Waals surface area (Å²) < 4.78 is 4.81. The van der Waals surface area contributed by atoms with Crippen molar-refractivity contribution in [2.24, 2.45) is 0 Å². The molecule has 0 saturated carbocycles. The van der Waals surface area contributed by atoms with Gasteiger partial charge in [-0.15, -0.1) is 0 Å². The number of carbonyl (C=O) groups excluding carboxylic acids is 1. The molecular weight excluding hydrogens is 260 g/mol. The van der Waals surface area contributed by atoms with Crippen molar-refractivity contribution in [3.63, 3.8) is 0 Å². The zero-order valence-electron chi connectivity index (χ0n) is 11.2. The number of carbonyl (C=O) groups is 1. The van der Waals surface area contributed by atoms with Gasteiger partial charge < -0.3 is 20.9 Å². The Kier molecular flexibility index (Phi) is 4.54. The molecule has 0 aliphatic rings. The van der Waals surface area contributed by atoms with Crippen molar-refractivity contribution >= 4 is 22.5 Å². The number of ether oxygens (including phenoxy) is 1. The van der Waals surface area contributed by atoms with E-state index in [1.54, 1.807) is 18.2 Å². The van der Waals surface area contributed by atoms with Gasteiger partial charge in [0.2, 0.25) is 0 Å². The van der Waals surface area contributed by atoms with Gasteiger partial charge in [-0.2, -0.15) is 5.10 Å². The summed E-state index contributed by atoms with van der Waals surface area (Å²) in [5, 5.41) is 19.6. The number of aromatic amines is 1. The third-order valence-corrected chi connectivity index (χ3v) is 2.92. The zero-order chi connectivity index (χ0) is 14.5. The van der Waals surface area contributed by atoms with E-state index in [2.05, 4.69) is 15.5 Å². The molecule has 0 aliphatic carbocycles. The molecule has 2 aromatic rings. The summed E-state index contributed by atoms with van der Waals surface area (Å²) in [6.45, 7) is 0.595. The number of aromatic nitrogens is 2. The number of aliphatic hydroxyl groups excluding tert-OH is 1. The number of nitrogens with zero attached hydrogens (tertiary/aromatic N) is 1. The fourth-order valence-electron chi connectivity index (χ4n) is 1.92. The molecule has 2 rings (SSSR count). The van der Waals surface area contributed by atoms with Crippen LogP contribution in [0.5, 0.6) is 0 Å². The SMILES string of the molecule is COCC(O)CCNC(=O)c1n[nH]c2ccc(N)cc12. The van der Waals surface area contributed by atoms with Gasteiger partial charge in [0.05, 0.1) is 18.2 Å². The van der Waals surface area contributed by atoms with Crippen LogP contribution < -0.4 is 11.1 Å². The molecule has 1 unspecified atom stereocenters. The Bertz CT molecular complexity index is 596. The fraction of sp³-hybridized carbons (Fsp3) is 0.385. The van der Waals surface area contributed by atoms with Gasteiger partial charge in [0.1, 0.15) is 0 Å². The first kappa shape index (κ1) is 14.3. The maximum atomic E-state index is 12.0. The van der Waals surface area contributed by atoms with Gasteiger partial charge in [0.25, 0.3) is 5.91 Å². The molecule has 1 atom stereocenters. The topological polar surface area (TPSA) is 113 Å². The predicted octanol–water partition coefficient (Wildman–Crippen LogP) is 0.272. The number of nitrogens with one attached hydrogen (secondary N) is 2. The molecule has 5 N–H and O–H groups in total. The van der Waals surface area contributed by atoms with Gasteiger partial charge >= 0.3 is 0 Å². The number of benzene rings is 1. The molecule has 0 aliphatic heterocycles. The number of methoxy groups -OCH3 is 1. The lowest BCUT2D eigenvalue weighted by atomic mass is 10.2. The molecule has 1 aromatic carbocycles. The highest BCUT2D eigenvalue weighted by Crippen LogP contribution is 2.18. The number of fused-ring (bicyclic) bond motifs is 1. The lowest BCUT2D eigenvalue weighted by Crippen LogP contribution is -2.28. The van der Waals surface area contributed by atoms with Crippen LogP contribution in [-0.4, -0.2) is 47.6 Å². The average molecular weight is 278 g/mol. The van der Waals surface area contributed by atoms with E-state index >= 15 is 0 Å². The van der Waals surface area contributed by atoms with E-state index in [4.69, 9.17) is 10.5 Å². The molecule has 1 amide bonds. The van der Waals surface area contributed by atoms with Gasteiger partial charge in [-0.3, -0.25) is 9.89 Å². The minimum Gasteiger partial charge on any atom is -0.399 e. The number of rotatable bonds is 6. The van der Waals surface area contributed by atoms with E-state index in [1.165, 1.54) is 7.11 Å². The number of nitrogens with two attached hydrogens (primary N) is 1. The normalized spacial score (nSPS) is 12.5. The van der Waals surface area contributed by atoms with E-state index in [0.29, 0.717) is 29.7 Å². The van der Waals surface area contributed by atoms with E-state index < -0.39 is 6.10 Å². The predicted molar refractivity (Wildman–Crippen MR) is 75.3 cm³/mol. The van der Waals surface area contributed by atoms with E-state index in [0.717, 1.165) is 5.52 Å². The Balaban J connectivity index is 1.99. The summed E-state index contributed by atoms with van der Waals surface area (Å²) in [5.41, 5.74) is 7.33. The highest BCUT2D eigenvalue weighted by Gasteiger charge is 2.14. The summed E-state index contributed by atoms with van der Waals surface area (Å²) in [6, 6.07) is 5.22. The Morgan fingerprint density at radius 1 is 1.60 bits per heavy atom. The molecule has 7 heteroatoms. The van der Waals surface area contributed by atoms with Gasteiger partial charge in [-0.05, 0) is 24.6 Å². The highest BCUT2D eigenvalue weighted by molar-refractivity contribution is 6.05. The minimum atomic E-state index is -0.591. The van der Waals surface area contributed by atoms with Gasteiger partial charge in [-0.1, -0.05) is 0 Å². The second kappa shape index (κ2) is 6.36. The first-order valence-electron chi connectivity index (χ1n) is 6.30. The second-order valence-electron chi connectivity index (χ2n) is 4.53. The van der Waals surface area contributed by atoms with Crippen molar-refractivity contribution < 1.29 is 14.6 Å². The Morgan fingerprint density at radius 3 is 3.15 bits per heavy atom. The number of nitrogen functional groups attached to an aromatic ring is 1. The molecule has 1 heterocycles.